The molecule has 1 amide bonds. The molecular formula is C14H19NO2. The average molecular weight is 233 g/mol. The van der Waals surface area contributed by atoms with E-state index in [1.165, 1.54) is 0 Å². The SMILES string of the molecule is C=CC(CCC)NC(=O)OCc1ccccc1. The Labute approximate surface area is 102 Å². The van der Waals surface area contributed by atoms with Crippen LogP contribution in [0.4, 0.5) is 4.79 Å². The number of hydrogen-bond acceptors (Lipinski definition) is 2. The van der Waals surface area contributed by atoms with Gasteiger partial charge >= 0.3 is 6.09 Å². The second-order valence-electron chi connectivity index (χ2n) is 3.84. The Morgan fingerprint density at radius 1 is 1.47 bits per heavy atom. The monoisotopic (exact) mass is 233 g/mol. The van der Waals surface area contributed by atoms with Gasteiger partial charge in [0.1, 0.15) is 6.61 Å². The van der Waals surface area contributed by atoms with Gasteiger partial charge in [-0.25, -0.2) is 4.79 Å². The topological polar surface area (TPSA) is 38.3 Å². The van der Waals surface area contributed by atoms with E-state index >= 15 is 0 Å². The van der Waals surface area contributed by atoms with Crippen LogP contribution in [0.25, 0.3) is 0 Å². The first kappa shape index (κ1) is 13.3. The van der Waals surface area contributed by atoms with Crippen LogP contribution in [0.2, 0.25) is 0 Å². The first-order valence-electron chi connectivity index (χ1n) is 5.86. The Morgan fingerprint density at radius 3 is 2.76 bits per heavy atom. The molecule has 1 atom stereocenters. The summed E-state index contributed by atoms with van der Waals surface area (Å²) in [6.07, 6.45) is 3.21. The number of benzene rings is 1. The van der Waals surface area contributed by atoms with E-state index < -0.39 is 6.09 Å². The minimum absolute atomic E-state index is 0.0109. The molecule has 0 fully saturated rings. The lowest BCUT2D eigenvalue weighted by Crippen LogP contribution is -2.33. The fraction of sp³-hybridized carbons (Fsp3) is 0.357. The van der Waals surface area contributed by atoms with Gasteiger partial charge in [0.05, 0.1) is 6.04 Å². The summed E-state index contributed by atoms with van der Waals surface area (Å²) in [4.78, 5) is 11.5. The van der Waals surface area contributed by atoms with Crippen LogP contribution in [0.3, 0.4) is 0 Å². The van der Waals surface area contributed by atoms with E-state index in [4.69, 9.17) is 4.74 Å². The van der Waals surface area contributed by atoms with Crippen LogP contribution in [0.5, 0.6) is 0 Å². The minimum Gasteiger partial charge on any atom is -0.445 e. The van der Waals surface area contributed by atoms with Crippen LogP contribution in [0.1, 0.15) is 25.3 Å². The molecule has 1 aromatic carbocycles. The third kappa shape index (κ3) is 5.20. The van der Waals surface area contributed by atoms with Crippen LogP contribution in [0, 0.1) is 0 Å². The third-order valence-corrected chi connectivity index (χ3v) is 2.40. The zero-order valence-corrected chi connectivity index (χ0v) is 10.2. The average Bonchev–Trinajstić information content (AvgIpc) is 2.37. The molecule has 17 heavy (non-hydrogen) atoms. The number of carbonyl (C=O) groups is 1. The standard InChI is InChI=1S/C14H19NO2/c1-3-8-13(4-2)15-14(16)17-11-12-9-6-5-7-10-12/h4-7,9-10,13H,2-3,8,11H2,1H3,(H,15,16). The lowest BCUT2D eigenvalue weighted by Gasteiger charge is -2.13. The number of nitrogens with one attached hydrogen (secondary N) is 1. The van der Waals surface area contributed by atoms with Gasteiger partial charge in [-0.1, -0.05) is 49.8 Å². The van der Waals surface area contributed by atoms with Crippen molar-refractivity contribution in [3.8, 4) is 0 Å². The summed E-state index contributed by atoms with van der Waals surface area (Å²) in [5.74, 6) is 0. The van der Waals surface area contributed by atoms with Gasteiger partial charge in [0.25, 0.3) is 0 Å². The third-order valence-electron chi connectivity index (χ3n) is 2.40. The quantitative estimate of drug-likeness (QED) is 0.766. The van der Waals surface area contributed by atoms with Gasteiger partial charge in [0.2, 0.25) is 0 Å². The van der Waals surface area contributed by atoms with Crippen LogP contribution < -0.4 is 5.32 Å². The van der Waals surface area contributed by atoms with Crippen LogP contribution in [0.15, 0.2) is 43.0 Å². The highest BCUT2D eigenvalue weighted by molar-refractivity contribution is 5.67. The molecule has 0 aromatic heterocycles. The first-order chi connectivity index (χ1) is 8.26. The zero-order chi connectivity index (χ0) is 12.5. The van der Waals surface area contributed by atoms with Crippen LogP contribution >= 0.6 is 0 Å². The van der Waals surface area contributed by atoms with Crippen molar-refractivity contribution < 1.29 is 9.53 Å². The van der Waals surface area contributed by atoms with E-state index in [0.717, 1.165) is 18.4 Å². The summed E-state index contributed by atoms with van der Waals surface area (Å²) in [7, 11) is 0. The fourth-order valence-electron chi connectivity index (χ4n) is 1.48. The molecular weight excluding hydrogens is 214 g/mol. The molecule has 0 aliphatic rings. The number of amides is 1. The molecule has 0 aliphatic heterocycles. The summed E-state index contributed by atoms with van der Waals surface area (Å²) in [6.45, 7) is 6.04. The summed E-state index contributed by atoms with van der Waals surface area (Å²) < 4.78 is 5.11. The molecule has 1 N–H and O–H groups in total. The summed E-state index contributed by atoms with van der Waals surface area (Å²) in [6, 6.07) is 9.59. The van der Waals surface area contributed by atoms with E-state index in [2.05, 4.69) is 18.8 Å². The lowest BCUT2D eigenvalue weighted by molar-refractivity contribution is 0.137. The molecule has 0 radical (unpaired) electrons. The van der Waals surface area contributed by atoms with E-state index in [1.54, 1.807) is 6.08 Å². The van der Waals surface area contributed by atoms with Crippen molar-refractivity contribution in [1.29, 1.82) is 0 Å². The highest BCUT2D eigenvalue weighted by Gasteiger charge is 2.08. The van der Waals surface area contributed by atoms with Crippen molar-refractivity contribution in [2.45, 2.75) is 32.4 Å². The van der Waals surface area contributed by atoms with Crippen molar-refractivity contribution >= 4 is 6.09 Å². The Balaban J connectivity index is 2.32. The van der Waals surface area contributed by atoms with E-state index in [0.29, 0.717) is 6.61 Å². The molecule has 0 aliphatic carbocycles. The molecule has 1 rings (SSSR count). The fourth-order valence-corrected chi connectivity index (χ4v) is 1.48. The molecule has 1 unspecified atom stereocenters. The lowest BCUT2D eigenvalue weighted by atomic mass is 10.2. The van der Waals surface area contributed by atoms with Crippen molar-refractivity contribution in [1.82, 2.24) is 5.32 Å². The molecule has 3 heteroatoms. The number of rotatable bonds is 6. The van der Waals surface area contributed by atoms with Crippen LogP contribution in [-0.2, 0) is 11.3 Å². The van der Waals surface area contributed by atoms with Gasteiger partial charge in [-0.3, -0.25) is 0 Å². The largest absolute Gasteiger partial charge is 0.445 e. The van der Waals surface area contributed by atoms with Crippen molar-refractivity contribution in [2.24, 2.45) is 0 Å². The Kier molecular flexibility index (Phi) is 5.86. The zero-order valence-electron chi connectivity index (χ0n) is 10.2. The normalized spacial score (nSPS) is 11.6. The highest BCUT2D eigenvalue weighted by atomic mass is 16.5. The Bertz CT molecular complexity index is 348. The maximum absolute atomic E-state index is 11.5. The summed E-state index contributed by atoms with van der Waals surface area (Å²) >= 11 is 0. The molecule has 3 nitrogen and oxygen atoms in total. The maximum atomic E-state index is 11.5. The smallest absolute Gasteiger partial charge is 0.407 e. The minimum atomic E-state index is -0.396. The Hall–Kier alpha value is -1.77. The summed E-state index contributed by atoms with van der Waals surface area (Å²) in [5, 5.41) is 2.76. The molecule has 0 bridgehead atoms. The van der Waals surface area contributed by atoms with Gasteiger partial charge in [-0.2, -0.15) is 0 Å². The number of ether oxygens (including phenoxy) is 1. The predicted octanol–water partition coefficient (Wildman–Crippen LogP) is 3.27. The van der Waals surface area contributed by atoms with E-state index in [1.807, 2.05) is 30.3 Å². The van der Waals surface area contributed by atoms with E-state index in [-0.39, 0.29) is 6.04 Å². The van der Waals surface area contributed by atoms with Crippen molar-refractivity contribution in [3.63, 3.8) is 0 Å². The number of carbonyl (C=O) groups excluding carboxylic acids is 1. The second-order valence-corrected chi connectivity index (χ2v) is 3.84. The predicted molar refractivity (Wildman–Crippen MR) is 68.7 cm³/mol. The molecule has 0 heterocycles. The highest BCUT2D eigenvalue weighted by Crippen LogP contribution is 2.02. The molecule has 0 saturated carbocycles. The maximum Gasteiger partial charge on any atom is 0.407 e. The molecule has 1 aromatic rings. The molecule has 92 valence electrons. The molecule has 0 saturated heterocycles. The van der Waals surface area contributed by atoms with Gasteiger partial charge in [-0.15, -0.1) is 6.58 Å². The van der Waals surface area contributed by atoms with E-state index in [9.17, 15) is 4.79 Å². The Morgan fingerprint density at radius 2 is 2.18 bits per heavy atom. The van der Waals surface area contributed by atoms with Crippen molar-refractivity contribution in [3.05, 3.63) is 48.6 Å². The van der Waals surface area contributed by atoms with Gasteiger partial charge in [0, 0.05) is 0 Å². The number of hydrogen-bond donors (Lipinski definition) is 1. The van der Waals surface area contributed by atoms with Gasteiger partial charge < -0.3 is 10.1 Å². The first-order valence-corrected chi connectivity index (χ1v) is 5.86. The molecule has 0 spiro atoms. The number of alkyl carbamates (subject to hydrolysis) is 1. The second kappa shape index (κ2) is 7.49. The van der Waals surface area contributed by atoms with Crippen molar-refractivity contribution in [2.75, 3.05) is 0 Å². The van der Waals surface area contributed by atoms with Crippen LogP contribution in [-0.4, -0.2) is 12.1 Å². The van der Waals surface area contributed by atoms with Gasteiger partial charge in [0.15, 0.2) is 0 Å². The summed E-state index contributed by atoms with van der Waals surface area (Å²) in [5.41, 5.74) is 0.980. The van der Waals surface area contributed by atoms with Gasteiger partial charge in [-0.05, 0) is 12.0 Å².